The van der Waals surface area contributed by atoms with Crippen molar-refractivity contribution in [2.45, 2.75) is 47.0 Å². The Kier molecular flexibility index (Phi) is 4.39. The number of hydrogen-bond acceptors (Lipinski definition) is 1. The maximum atomic E-state index is 7.03. The summed E-state index contributed by atoms with van der Waals surface area (Å²) in [5.74, 6) is 0.796. The quantitative estimate of drug-likeness (QED) is 0.588. The fourth-order valence-electron chi connectivity index (χ4n) is 1.45. The molecule has 0 aliphatic carbocycles. The van der Waals surface area contributed by atoms with Gasteiger partial charge in [-0.15, -0.1) is 0 Å². The Balaban J connectivity index is 3.79. The third-order valence-corrected chi connectivity index (χ3v) is 2.25. The molecule has 0 aromatic carbocycles. The molecule has 0 bridgehead atoms. The lowest BCUT2D eigenvalue weighted by molar-refractivity contribution is 0.284. The highest BCUT2D eigenvalue weighted by molar-refractivity contribution is 5.53. The van der Waals surface area contributed by atoms with Crippen molar-refractivity contribution in [2.24, 2.45) is 11.3 Å². The Labute approximate surface area is 70.7 Å². The Morgan fingerprint density at radius 2 is 2.00 bits per heavy atom. The second kappa shape index (κ2) is 4.53. The molecule has 1 atom stereocenters. The highest BCUT2D eigenvalue weighted by Gasteiger charge is 2.18. The van der Waals surface area contributed by atoms with E-state index in [9.17, 15) is 0 Å². The summed E-state index contributed by atoms with van der Waals surface area (Å²) >= 11 is 0. The summed E-state index contributed by atoms with van der Waals surface area (Å²) in [6.07, 6.45) is 4.93. The van der Waals surface area contributed by atoms with Gasteiger partial charge in [0.2, 0.25) is 0 Å². The zero-order valence-corrected chi connectivity index (χ0v) is 8.28. The summed E-state index contributed by atoms with van der Waals surface area (Å²) in [6.45, 7) is 8.99. The van der Waals surface area contributed by atoms with Gasteiger partial charge in [0, 0.05) is 0 Å². The summed E-state index contributed by atoms with van der Waals surface area (Å²) in [7, 11) is 0. The standard InChI is InChI=1S/C10H21N/c1-5-9(2)8-10(3,4)6-7-11/h7,9,11H,5-6,8H2,1-4H3. The summed E-state index contributed by atoms with van der Waals surface area (Å²) in [6, 6.07) is 0. The first-order valence-electron chi connectivity index (χ1n) is 4.50. The van der Waals surface area contributed by atoms with E-state index in [1.807, 2.05) is 0 Å². The van der Waals surface area contributed by atoms with Crippen LogP contribution in [0.4, 0.5) is 0 Å². The third kappa shape index (κ3) is 5.00. The Morgan fingerprint density at radius 1 is 1.45 bits per heavy atom. The largest absolute Gasteiger partial charge is 0.313 e. The number of rotatable bonds is 5. The summed E-state index contributed by atoms with van der Waals surface area (Å²) in [5.41, 5.74) is 0.331. The number of nitrogens with one attached hydrogen (secondary N) is 1. The maximum absolute atomic E-state index is 7.03. The molecule has 0 saturated heterocycles. The van der Waals surface area contributed by atoms with Crippen molar-refractivity contribution in [3.63, 3.8) is 0 Å². The minimum absolute atomic E-state index is 0.331. The molecular weight excluding hydrogens is 134 g/mol. The molecule has 1 nitrogen and oxygen atoms in total. The first-order chi connectivity index (χ1) is 5.02. The molecule has 0 radical (unpaired) electrons. The molecule has 11 heavy (non-hydrogen) atoms. The second-order valence-corrected chi connectivity index (χ2v) is 4.29. The normalized spacial score (nSPS) is 14.5. The molecule has 0 rings (SSSR count). The van der Waals surface area contributed by atoms with Gasteiger partial charge in [-0.25, -0.2) is 0 Å². The van der Waals surface area contributed by atoms with Crippen LogP contribution in [0, 0.1) is 16.7 Å². The molecule has 1 N–H and O–H groups in total. The van der Waals surface area contributed by atoms with E-state index >= 15 is 0 Å². The van der Waals surface area contributed by atoms with E-state index in [-0.39, 0.29) is 0 Å². The van der Waals surface area contributed by atoms with Crippen LogP contribution in [0.1, 0.15) is 47.0 Å². The molecule has 0 saturated carbocycles. The predicted octanol–water partition coefficient (Wildman–Crippen LogP) is 3.49. The summed E-state index contributed by atoms with van der Waals surface area (Å²) in [5, 5.41) is 7.03. The van der Waals surface area contributed by atoms with Gasteiger partial charge in [0.15, 0.2) is 0 Å². The summed E-state index contributed by atoms with van der Waals surface area (Å²) in [4.78, 5) is 0. The van der Waals surface area contributed by atoms with E-state index in [4.69, 9.17) is 5.41 Å². The highest BCUT2D eigenvalue weighted by Crippen LogP contribution is 2.29. The SMILES string of the molecule is CCC(C)CC(C)(C)CC=N. The average Bonchev–Trinajstić information content (AvgIpc) is 1.86. The van der Waals surface area contributed by atoms with Gasteiger partial charge in [-0.1, -0.05) is 34.1 Å². The van der Waals surface area contributed by atoms with Crippen LogP contribution in [-0.2, 0) is 0 Å². The molecule has 0 aromatic rings. The number of hydrogen-bond donors (Lipinski definition) is 1. The van der Waals surface area contributed by atoms with Crippen molar-refractivity contribution in [1.29, 1.82) is 5.41 Å². The lowest BCUT2D eigenvalue weighted by Gasteiger charge is -2.25. The van der Waals surface area contributed by atoms with Crippen molar-refractivity contribution in [3.05, 3.63) is 0 Å². The maximum Gasteiger partial charge on any atom is -0.00424 e. The van der Waals surface area contributed by atoms with Gasteiger partial charge in [-0.3, -0.25) is 0 Å². The van der Waals surface area contributed by atoms with Crippen LogP contribution in [0.5, 0.6) is 0 Å². The third-order valence-electron chi connectivity index (χ3n) is 2.25. The van der Waals surface area contributed by atoms with E-state index in [2.05, 4.69) is 27.7 Å². The highest BCUT2D eigenvalue weighted by atomic mass is 14.3. The molecule has 0 fully saturated rings. The minimum Gasteiger partial charge on any atom is -0.313 e. The zero-order valence-electron chi connectivity index (χ0n) is 8.28. The van der Waals surface area contributed by atoms with Gasteiger partial charge >= 0.3 is 0 Å². The molecule has 0 heterocycles. The van der Waals surface area contributed by atoms with Crippen LogP contribution in [0.15, 0.2) is 0 Å². The smallest absolute Gasteiger partial charge is 0.00424 e. The molecular formula is C10H21N. The molecule has 0 aliphatic rings. The molecule has 66 valence electrons. The van der Waals surface area contributed by atoms with E-state index < -0.39 is 0 Å². The van der Waals surface area contributed by atoms with Crippen molar-refractivity contribution >= 4 is 6.21 Å². The van der Waals surface area contributed by atoms with Gasteiger partial charge in [-0.2, -0.15) is 0 Å². The monoisotopic (exact) mass is 155 g/mol. The first-order valence-corrected chi connectivity index (χ1v) is 4.50. The summed E-state index contributed by atoms with van der Waals surface area (Å²) < 4.78 is 0. The van der Waals surface area contributed by atoms with Crippen LogP contribution < -0.4 is 0 Å². The van der Waals surface area contributed by atoms with Crippen molar-refractivity contribution in [3.8, 4) is 0 Å². The molecule has 0 aromatic heterocycles. The van der Waals surface area contributed by atoms with E-state index in [0.29, 0.717) is 5.41 Å². The van der Waals surface area contributed by atoms with Gasteiger partial charge < -0.3 is 5.41 Å². The Bertz CT molecular complexity index is 116. The zero-order chi connectivity index (χ0) is 8.91. The average molecular weight is 155 g/mol. The fourth-order valence-corrected chi connectivity index (χ4v) is 1.45. The molecule has 1 unspecified atom stereocenters. The van der Waals surface area contributed by atoms with Crippen LogP contribution in [0.2, 0.25) is 0 Å². The van der Waals surface area contributed by atoms with E-state index in [1.54, 1.807) is 0 Å². The van der Waals surface area contributed by atoms with Crippen LogP contribution in [0.25, 0.3) is 0 Å². The van der Waals surface area contributed by atoms with Crippen LogP contribution in [-0.4, -0.2) is 6.21 Å². The van der Waals surface area contributed by atoms with Crippen molar-refractivity contribution < 1.29 is 0 Å². The Morgan fingerprint density at radius 3 is 2.36 bits per heavy atom. The molecule has 0 spiro atoms. The van der Waals surface area contributed by atoms with Gasteiger partial charge in [-0.05, 0) is 30.4 Å². The Hall–Kier alpha value is -0.330. The molecule has 0 amide bonds. The van der Waals surface area contributed by atoms with E-state index in [1.165, 1.54) is 19.1 Å². The van der Waals surface area contributed by atoms with Gasteiger partial charge in [0.25, 0.3) is 0 Å². The second-order valence-electron chi connectivity index (χ2n) is 4.29. The molecule has 1 heteroatoms. The van der Waals surface area contributed by atoms with Gasteiger partial charge in [0.05, 0.1) is 0 Å². The van der Waals surface area contributed by atoms with E-state index in [0.717, 1.165) is 12.3 Å². The predicted molar refractivity (Wildman–Crippen MR) is 51.3 cm³/mol. The fraction of sp³-hybridized carbons (Fsp3) is 0.900. The molecule has 0 aliphatic heterocycles. The van der Waals surface area contributed by atoms with Crippen LogP contribution >= 0.6 is 0 Å². The topological polar surface area (TPSA) is 23.9 Å². The van der Waals surface area contributed by atoms with Gasteiger partial charge in [0.1, 0.15) is 0 Å². The van der Waals surface area contributed by atoms with Crippen molar-refractivity contribution in [1.82, 2.24) is 0 Å². The van der Waals surface area contributed by atoms with Crippen molar-refractivity contribution in [2.75, 3.05) is 0 Å². The lowest BCUT2D eigenvalue weighted by atomic mass is 9.80. The minimum atomic E-state index is 0.331. The van der Waals surface area contributed by atoms with Crippen LogP contribution in [0.3, 0.4) is 0 Å². The first kappa shape index (κ1) is 10.7. The lowest BCUT2D eigenvalue weighted by Crippen LogP contribution is -2.15.